The van der Waals surface area contributed by atoms with Crippen molar-refractivity contribution in [3.05, 3.63) is 64.7 Å². The summed E-state index contributed by atoms with van der Waals surface area (Å²) in [4.78, 5) is 34.7. The van der Waals surface area contributed by atoms with E-state index in [0.29, 0.717) is 29.8 Å². The fraction of sp³-hybridized carbons (Fsp3) is 0.250. The van der Waals surface area contributed by atoms with E-state index >= 15 is 0 Å². The van der Waals surface area contributed by atoms with Gasteiger partial charge in [-0.25, -0.2) is 4.79 Å². The number of aromatic carboxylic acids is 1. The quantitative estimate of drug-likeness (QED) is 0.710. The Kier molecular flexibility index (Phi) is 6.49. The molecule has 0 saturated heterocycles. The minimum absolute atomic E-state index is 0.0763. The van der Waals surface area contributed by atoms with Gasteiger partial charge >= 0.3 is 5.97 Å². The normalized spacial score (nSPS) is 10.2. The van der Waals surface area contributed by atoms with Crippen LogP contribution in [-0.2, 0) is 17.6 Å². The van der Waals surface area contributed by atoms with E-state index in [9.17, 15) is 14.4 Å². The number of carbonyl (C=O) groups is 3. The summed E-state index contributed by atoms with van der Waals surface area (Å²) in [6.45, 7) is 1.85. The number of carboxylic acids is 1. The Bertz CT molecular complexity index is 829. The molecule has 0 radical (unpaired) electrons. The zero-order valence-corrected chi connectivity index (χ0v) is 14.7. The van der Waals surface area contributed by atoms with Crippen LogP contribution in [0.2, 0.25) is 0 Å². The maximum atomic E-state index is 12.2. The van der Waals surface area contributed by atoms with Gasteiger partial charge in [-0.05, 0) is 49.2 Å². The van der Waals surface area contributed by atoms with Gasteiger partial charge in [-0.2, -0.15) is 0 Å². The third-order valence-corrected chi connectivity index (χ3v) is 3.95. The van der Waals surface area contributed by atoms with Gasteiger partial charge < -0.3 is 15.2 Å². The molecule has 0 unspecified atom stereocenters. The average Bonchev–Trinajstić information content (AvgIpc) is 2.61. The number of benzene rings is 2. The predicted octanol–water partition coefficient (Wildman–Crippen LogP) is 2.50. The molecule has 0 aliphatic carbocycles. The highest BCUT2D eigenvalue weighted by molar-refractivity contribution is 5.94. The highest BCUT2D eigenvalue weighted by atomic mass is 16.5. The van der Waals surface area contributed by atoms with Crippen molar-refractivity contribution in [2.45, 2.75) is 19.8 Å². The van der Waals surface area contributed by atoms with Crippen molar-refractivity contribution in [1.29, 1.82) is 0 Å². The van der Waals surface area contributed by atoms with E-state index in [1.165, 1.54) is 20.1 Å². The molecule has 0 aromatic heterocycles. The summed E-state index contributed by atoms with van der Waals surface area (Å²) in [6.07, 6.45) is 0.622. The van der Waals surface area contributed by atoms with Gasteiger partial charge in [-0.1, -0.05) is 12.1 Å². The molecule has 0 spiro atoms. The van der Waals surface area contributed by atoms with Crippen molar-refractivity contribution in [2.24, 2.45) is 0 Å². The molecule has 2 rings (SSSR count). The topological polar surface area (TPSA) is 92.7 Å². The summed E-state index contributed by atoms with van der Waals surface area (Å²) in [5, 5.41) is 11.8. The molecule has 6 nitrogen and oxygen atoms in total. The van der Waals surface area contributed by atoms with Crippen LogP contribution in [0, 0.1) is 0 Å². The summed E-state index contributed by atoms with van der Waals surface area (Å²) < 4.78 is 5.24. The van der Waals surface area contributed by atoms with Crippen molar-refractivity contribution < 1.29 is 24.2 Å². The Morgan fingerprint density at radius 2 is 1.85 bits per heavy atom. The van der Waals surface area contributed by atoms with E-state index in [-0.39, 0.29) is 23.7 Å². The van der Waals surface area contributed by atoms with E-state index in [1.54, 1.807) is 30.3 Å². The molecule has 0 bridgehead atoms. The average molecular weight is 355 g/mol. The summed E-state index contributed by atoms with van der Waals surface area (Å²) in [6, 6.07) is 11.6. The number of carboxylic acid groups (broad SMARTS) is 1. The lowest BCUT2D eigenvalue weighted by molar-refractivity contribution is -0.120. The van der Waals surface area contributed by atoms with Gasteiger partial charge in [-0.3, -0.25) is 9.59 Å². The number of amides is 1. The number of ketones is 1. The highest BCUT2D eigenvalue weighted by Gasteiger charge is 2.11. The minimum Gasteiger partial charge on any atom is -0.496 e. The number of ether oxygens (including phenoxy) is 1. The Balaban J connectivity index is 1.95. The molecule has 1 amide bonds. The van der Waals surface area contributed by atoms with Gasteiger partial charge in [0.25, 0.3) is 0 Å². The first-order valence-corrected chi connectivity index (χ1v) is 8.17. The van der Waals surface area contributed by atoms with Crippen molar-refractivity contribution in [3.63, 3.8) is 0 Å². The SMILES string of the molecule is COc1ccc(C(C)=O)cc1CC(=O)NCCc1cccc(C(=O)O)c1. The molecule has 0 heterocycles. The van der Waals surface area contributed by atoms with Crippen LogP contribution < -0.4 is 10.1 Å². The fourth-order valence-electron chi connectivity index (χ4n) is 2.58. The van der Waals surface area contributed by atoms with Crippen LogP contribution >= 0.6 is 0 Å². The van der Waals surface area contributed by atoms with Crippen LogP contribution in [0.4, 0.5) is 0 Å². The first kappa shape index (κ1) is 19.2. The van der Waals surface area contributed by atoms with E-state index in [4.69, 9.17) is 9.84 Å². The molecule has 0 fully saturated rings. The zero-order valence-electron chi connectivity index (χ0n) is 14.7. The van der Waals surface area contributed by atoms with Gasteiger partial charge in [0.15, 0.2) is 5.78 Å². The van der Waals surface area contributed by atoms with E-state index in [2.05, 4.69) is 5.32 Å². The Hall–Kier alpha value is -3.15. The number of hydrogen-bond acceptors (Lipinski definition) is 4. The van der Waals surface area contributed by atoms with Crippen LogP contribution in [0.5, 0.6) is 5.75 Å². The summed E-state index contributed by atoms with van der Waals surface area (Å²) in [5.74, 6) is -0.696. The number of Topliss-reactive ketones (excluding diaryl/α,β-unsaturated/α-hetero) is 1. The summed E-state index contributed by atoms with van der Waals surface area (Å²) in [7, 11) is 1.51. The molecular weight excluding hydrogens is 334 g/mol. The Labute approximate surface area is 151 Å². The molecule has 136 valence electrons. The smallest absolute Gasteiger partial charge is 0.335 e. The minimum atomic E-state index is -0.978. The number of hydrogen-bond donors (Lipinski definition) is 2. The zero-order chi connectivity index (χ0) is 19.1. The second-order valence-electron chi connectivity index (χ2n) is 5.87. The van der Waals surface area contributed by atoms with Gasteiger partial charge in [0, 0.05) is 17.7 Å². The van der Waals surface area contributed by atoms with Crippen LogP contribution in [0.3, 0.4) is 0 Å². The first-order chi connectivity index (χ1) is 12.4. The molecule has 2 N–H and O–H groups in total. The van der Waals surface area contributed by atoms with Crippen molar-refractivity contribution in [1.82, 2.24) is 5.32 Å². The number of methoxy groups -OCH3 is 1. The highest BCUT2D eigenvalue weighted by Crippen LogP contribution is 2.20. The van der Waals surface area contributed by atoms with Crippen LogP contribution in [0.25, 0.3) is 0 Å². The van der Waals surface area contributed by atoms with E-state index < -0.39 is 5.97 Å². The molecule has 26 heavy (non-hydrogen) atoms. The predicted molar refractivity (Wildman–Crippen MR) is 96.8 cm³/mol. The van der Waals surface area contributed by atoms with Gasteiger partial charge in [0.05, 0.1) is 19.1 Å². The van der Waals surface area contributed by atoms with Crippen molar-refractivity contribution in [2.75, 3.05) is 13.7 Å². The monoisotopic (exact) mass is 355 g/mol. The third kappa shape index (κ3) is 5.17. The van der Waals surface area contributed by atoms with Crippen LogP contribution in [-0.4, -0.2) is 36.4 Å². The Morgan fingerprint density at radius 3 is 2.50 bits per heavy atom. The lowest BCUT2D eigenvalue weighted by Crippen LogP contribution is -2.27. The molecular formula is C20H21NO5. The molecule has 0 atom stereocenters. The fourth-order valence-corrected chi connectivity index (χ4v) is 2.58. The second kappa shape index (κ2) is 8.80. The molecule has 0 saturated carbocycles. The van der Waals surface area contributed by atoms with E-state index in [0.717, 1.165) is 5.56 Å². The summed E-state index contributed by atoms with van der Waals surface area (Å²) in [5.41, 5.74) is 2.23. The number of carbonyl (C=O) groups excluding carboxylic acids is 2. The maximum absolute atomic E-state index is 12.2. The molecule has 2 aromatic carbocycles. The molecule has 6 heteroatoms. The van der Waals surface area contributed by atoms with Crippen molar-refractivity contribution >= 4 is 17.7 Å². The first-order valence-electron chi connectivity index (χ1n) is 8.17. The van der Waals surface area contributed by atoms with Gasteiger partial charge in [0.2, 0.25) is 5.91 Å². The molecule has 2 aromatic rings. The number of rotatable bonds is 8. The lowest BCUT2D eigenvalue weighted by Gasteiger charge is -2.10. The second-order valence-corrected chi connectivity index (χ2v) is 5.87. The largest absolute Gasteiger partial charge is 0.496 e. The van der Waals surface area contributed by atoms with Crippen LogP contribution in [0.15, 0.2) is 42.5 Å². The summed E-state index contributed by atoms with van der Waals surface area (Å²) >= 11 is 0. The van der Waals surface area contributed by atoms with Gasteiger partial charge in [-0.15, -0.1) is 0 Å². The maximum Gasteiger partial charge on any atom is 0.335 e. The van der Waals surface area contributed by atoms with Gasteiger partial charge in [0.1, 0.15) is 5.75 Å². The Morgan fingerprint density at radius 1 is 1.08 bits per heavy atom. The van der Waals surface area contributed by atoms with Crippen molar-refractivity contribution in [3.8, 4) is 5.75 Å². The number of nitrogens with one attached hydrogen (secondary N) is 1. The van der Waals surface area contributed by atoms with E-state index in [1.807, 2.05) is 6.07 Å². The standard InChI is InChI=1S/C20H21NO5/c1-13(22)15-6-7-18(26-2)17(11-15)12-19(23)21-9-8-14-4-3-5-16(10-14)20(24)25/h3-7,10-11H,8-9,12H2,1-2H3,(H,21,23)(H,24,25). The van der Waals surface area contributed by atoms with Crippen LogP contribution in [0.1, 0.15) is 38.8 Å². The molecule has 0 aliphatic heterocycles. The molecule has 0 aliphatic rings. The lowest BCUT2D eigenvalue weighted by atomic mass is 10.0. The third-order valence-electron chi connectivity index (χ3n) is 3.95.